The van der Waals surface area contributed by atoms with Crippen LogP contribution >= 0.6 is 11.3 Å². The Balaban J connectivity index is 1.35. The Morgan fingerprint density at radius 1 is 1.17 bits per heavy atom. The van der Waals surface area contributed by atoms with Crippen LogP contribution in [0.5, 0.6) is 0 Å². The molecule has 0 spiro atoms. The van der Waals surface area contributed by atoms with Gasteiger partial charge in [-0.3, -0.25) is 15.1 Å². The molecular formula is C20H18FN5O2S. The monoisotopic (exact) mass is 411 g/mol. The predicted octanol–water partition coefficient (Wildman–Crippen LogP) is 3.20. The lowest BCUT2D eigenvalue weighted by molar-refractivity contribution is 0.102. The molecule has 1 aliphatic heterocycles. The quantitative estimate of drug-likeness (QED) is 0.690. The van der Waals surface area contributed by atoms with E-state index in [2.05, 4.69) is 20.6 Å². The molecule has 3 amide bonds. The first-order chi connectivity index (χ1) is 14.1. The zero-order valence-electron chi connectivity index (χ0n) is 15.4. The van der Waals surface area contributed by atoms with Crippen molar-refractivity contribution in [3.8, 4) is 0 Å². The number of benzene rings is 1. The highest BCUT2D eigenvalue weighted by molar-refractivity contribution is 7.15. The van der Waals surface area contributed by atoms with Crippen LogP contribution in [0.4, 0.5) is 14.3 Å². The smallest absolute Gasteiger partial charge is 0.318 e. The number of rotatable bonds is 4. The molecule has 0 aliphatic carbocycles. The molecule has 2 N–H and O–H groups in total. The highest BCUT2D eigenvalue weighted by Crippen LogP contribution is 2.28. The van der Waals surface area contributed by atoms with Crippen molar-refractivity contribution in [1.82, 2.24) is 20.2 Å². The number of pyridine rings is 1. The van der Waals surface area contributed by atoms with Crippen LogP contribution in [-0.2, 0) is 19.5 Å². The summed E-state index contributed by atoms with van der Waals surface area (Å²) in [6.07, 6.45) is 2.18. The van der Waals surface area contributed by atoms with Gasteiger partial charge in [-0.1, -0.05) is 29.5 Å². The third-order valence-electron chi connectivity index (χ3n) is 4.49. The van der Waals surface area contributed by atoms with Crippen LogP contribution in [0.2, 0.25) is 0 Å². The first-order valence-corrected chi connectivity index (χ1v) is 9.88. The van der Waals surface area contributed by atoms with Gasteiger partial charge in [0, 0.05) is 30.6 Å². The van der Waals surface area contributed by atoms with Gasteiger partial charge in [-0.05, 0) is 29.8 Å². The molecule has 148 valence electrons. The fraction of sp³-hybridized carbons (Fsp3) is 0.200. The SMILES string of the molecule is O=C(Nc1nc2c(s1)CN(C(=O)NCc1ccc(F)cc1)CC2)c1ccccn1. The Labute approximate surface area is 170 Å². The van der Waals surface area contributed by atoms with E-state index in [1.54, 1.807) is 41.4 Å². The molecule has 0 saturated carbocycles. The van der Waals surface area contributed by atoms with Crippen LogP contribution < -0.4 is 10.6 Å². The minimum absolute atomic E-state index is 0.188. The van der Waals surface area contributed by atoms with Crippen LogP contribution in [0.1, 0.15) is 26.6 Å². The summed E-state index contributed by atoms with van der Waals surface area (Å²) in [5.41, 5.74) is 2.05. The first kappa shape index (κ1) is 19.0. The van der Waals surface area contributed by atoms with Gasteiger partial charge in [-0.2, -0.15) is 0 Å². The molecule has 1 aliphatic rings. The number of carbonyl (C=O) groups excluding carboxylic acids is 2. The summed E-state index contributed by atoms with van der Waals surface area (Å²) in [6.45, 7) is 1.30. The molecule has 0 saturated heterocycles. The molecule has 3 aromatic rings. The van der Waals surface area contributed by atoms with E-state index >= 15 is 0 Å². The number of amides is 3. The molecule has 7 nitrogen and oxygen atoms in total. The van der Waals surface area contributed by atoms with Crippen LogP contribution in [0, 0.1) is 5.82 Å². The fourth-order valence-electron chi connectivity index (χ4n) is 2.97. The van der Waals surface area contributed by atoms with Gasteiger partial charge in [-0.15, -0.1) is 0 Å². The van der Waals surface area contributed by atoms with Crippen molar-refractivity contribution in [2.75, 3.05) is 11.9 Å². The number of nitrogens with zero attached hydrogens (tertiary/aromatic N) is 3. The maximum absolute atomic E-state index is 13.0. The van der Waals surface area contributed by atoms with Gasteiger partial charge in [0.15, 0.2) is 5.13 Å². The predicted molar refractivity (Wildman–Crippen MR) is 107 cm³/mol. The average molecular weight is 411 g/mol. The van der Waals surface area contributed by atoms with Crippen molar-refractivity contribution >= 4 is 28.4 Å². The van der Waals surface area contributed by atoms with Crippen molar-refractivity contribution in [2.45, 2.75) is 19.5 Å². The molecule has 2 aromatic heterocycles. The van der Waals surface area contributed by atoms with Crippen molar-refractivity contribution in [1.29, 1.82) is 0 Å². The number of carbonyl (C=O) groups is 2. The minimum atomic E-state index is -0.314. The molecule has 4 rings (SSSR count). The van der Waals surface area contributed by atoms with E-state index in [-0.39, 0.29) is 17.8 Å². The van der Waals surface area contributed by atoms with Crippen LogP contribution in [0.3, 0.4) is 0 Å². The van der Waals surface area contributed by atoms with Crippen LogP contribution in [0.15, 0.2) is 48.7 Å². The average Bonchev–Trinajstić information content (AvgIpc) is 3.15. The summed E-state index contributed by atoms with van der Waals surface area (Å²) in [4.78, 5) is 35.9. The van der Waals surface area contributed by atoms with Gasteiger partial charge in [0.05, 0.1) is 12.2 Å². The lowest BCUT2D eigenvalue weighted by Crippen LogP contribution is -2.42. The van der Waals surface area contributed by atoms with Gasteiger partial charge in [0.1, 0.15) is 11.5 Å². The maximum Gasteiger partial charge on any atom is 0.318 e. The Morgan fingerprint density at radius 3 is 2.76 bits per heavy atom. The van der Waals surface area contributed by atoms with E-state index in [9.17, 15) is 14.0 Å². The Morgan fingerprint density at radius 2 is 2.00 bits per heavy atom. The third-order valence-corrected chi connectivity index (χ3v) is 5.49. The van der Waals surface area contributed by atoms with Crippen molar-refractivity contribution in [2.24, 2.45) is 0 Å². The Hall–Kier alpha value is -3.33. The molecule has 9 heteroatoms. The number of fused-ring (bicyclic) bond motifs is 1. The summed E-state index contributed by atoms with van der Waals surface area (Å²) in [7, 11) is 0. The Bertz CT molecular complexity index is 1020. The highest BCUT2D eigenvalue weighted by atomic mass is 32.1. The molecular weight excluding hydrogens is 393 g/mol. The number of nitrogens with one attached hydrogen (secondary N) is 2. The van der Waals surface area contributed by atoms with E-state index in [0.29, 0.717) is 36.9 Å². The van der Waals surface area contributed by atoms with Crippen molar-refractivity contribution < 1.29 is 14.0 Å². The second kappa shape index (κ2) is 8.36. The normalized spacial score (nSPS) is 12.9. The summed E-state index contributed by atoms with van der Waals surface area (Å²) in [6, 6.07) is 11.0. The topological polar surface area (TPSA) is 87.2 Å². The third kappa shape index (κ3) is 4.57. The highest BCUT2D eigenvalue weighted by Gasteiger charge is 2.24. The van der Waals surface area contributed by atoms with Crippen LogP contribution in [-0.4, -0.2) is 33.4 Å². The second-order valence-corrected chi connectivity index (χ2v) is 7.60. The van der Waals surface area contributed by atoms with Crippen molar-refractivity contribution in [3.05, 3.63) is 76.3 Å². The summed E-state index contributed by atoms with van der Waals surface area (Å²) < 4.78 is 13.0. The summed E-state index contributed by atoms with van der Waals surface area (Å²) >= 11 is 1.36. The molecule has 0 atom stereocenters. The number of hydrogen-bond acceptors (Lipinski definition) is 5. The number of hydrogen-bond donors (Lipinski definition) is 2. The summed E-state index contributed by atoms with van der Waals surface area (Å²) in [5.74, 6) is -0.620. The fourth-order valence-corrected chi connectivity index (χ4v) is 3.99. The number of anilines is 1. The van der Waals surface area contributed by atoms with E-state index < -0.39 is 0 Å². The van der Waals surface area contributed by atoms with Crippen molar-refractivity contribution in [3.63, 3.8) is 0 Å². The van der Waals surface area contributed by atoms with Gasteiger partial charge < -0.3 is 10.2 Å². The summed E-state index contributed by atoms with van der Waals surface area (Å²) in [5, 5.41) is 6.12. The largest absolute Gasteiger partial charge is 0.334 e. The number of aromatic nitrogens is 2. The molecule has 1 aromatic carbocycles. The number of urea groups is 1. The molecule has 0 bridgehead atoms. The molecule has 3 heterocycles. The lowest BCUT2D eigenvalue weighted by Gasteiger charge is -2.26. The van der Waals surface area contributed by atoms with Gasteiger partial charge in [0.25, 0.3) is 5.91 Å². The van der Waals surface area contributed by atoms with Gasteiger partial charge in [-0.25, -0.2) is 14.2 Å². The molecule has 0 radical (unpaired) electrons. The second-order valence-electron chi connectivity index (χ2n) is 6.51. The molecule has 29 heavy (non-hydrogen) atoms. The standard InChI is InChI=1S/C20H18FN5O2S/c21-14-6-4-13(5-7-14)11-23-20(28)26-10-8-15-17(12-26)29-19(24-15)25-18(27)16-3-1-2-9-22-16/h1-7,9H,8,10-12H2,(H,23,28)(H,24,25,27). The van der Waals surface area contributed by atoms with Gasteiger partial charge in [0.2, 0.25) is 0 Å². The molecule has 0 unspecified atom stereocenters. The lowest BCUT2D eigenvalue weighted by atomic mass is 10.2. The van der Waals surface area contributed by atoms with E-state index in [4.69, 9.17) is 0 Å². The zero-order valence-corrected chi connectivity index (χ0v) is 16.2. The van der Waals surface area contributed by atoms with E-state index in [1.807, 2.05) is 0 Å². The van der Waals surface area contributed by atoms with E-state index in [0.717, 1.165) is 16.1 Å². The maximum atomic E-state index is 13.0. The first-order valence-electron chi connectivity index (χ1n) is 9.06. The minimum Gasteiger partial charge on any atom is -0.334 e. The van der Waals surface area contributed by atoms with E-state index in [1.165, 1.54) is 23.5 Å². The number of halogens is 1. The molecule has 0 fully saturated rings. The van der Waals surface area contributed by atoms with Gasteiger partial charge >= 0.3 is 6.03 Å². The Kier molecular flexibility index (Phi) is 5.48. The zero-order chi connectivity index (χ0) is 20.2. The number of thiazole rings is 1. The van der Waals surface area contributed by atoms with Crippen LogP contribution in [0.25, 0.3) is 0 Å².